The third kappa shape index (κ3) is 6.57. The summed E-state index contributed by atoms with van der Waals surface area (Å²) in [5.74, 6) is -3.14. The molecule has 11 nitrogen and oxygen atoms in total. The molecule has 1 aliphatic rings. The molecule has 1 unspecified atom stereocenters. The van der Waals surface area contributed by atoms with Gasteiger partial charge in [-0.15, -0.1) is 0 Å². The van der Waals surface area contributed by atoms with E-state index < -0.39 is 48.5 Å². The highest BCUT2D eigenvalue weighted by molar-refractivity contribution is 5.96. The van der Waals surface area contributed by atoms with Crippen molar-refractivity contribution in [2.75, 3.05) is 20.3 Å². The zero-order valence-electron chi connectivity index (χ0n) is 19.9. The number of nitrogens with one attached hydrogen (secondary N) is 1. The van der Waals surface area contributed by atoms with Crippen LogP contribution in [0.1, 0.15) is 41.1 Å². The molecule has 0 aliphatic carbocycles. The van der Waals surface area contributed by atoms with Gasteiger partial charge in [0, 0.05) is 12.6 Å². The maximum Gasteiger partial charge on any atom is 0.414 e. The molecule has 0 saturated carbocycles. The number of aliphatic hydroxyl groups excluding tert-OH is 1. The smallest absolute Gasteiger partial charge is 0.414 e. The summed E-state index contributed by atoms with van der Waals surface area (Å²) >= 11 is 0. The SMILES string of the molecule is COC(=O)[C@H](c1ccccc1)C1CCCCN1C(=O)OC[n+]1cccc(C(=O)N[C@@H](CO)C(=O)O)c1. The summed E-state index contributed by atoms with van der Waals surface area (Å²) < 4.78 is 12.0. The van der Waals surface area contributed by atoms with E-state index in [2.05, 4.69) is 5.32 Å². The number of piperidine rings is 1. The number of nitrogens with zero attached hydrogens (tertiary/aromatic N) is 2. The first-order chi connectivity index (χ1) is 17.3. The Labute approximate surface area is 208 Å². The number of aliphatic hydroxyl groups is 1. The van der Waals surface area contributed by atoms with Gasteiger partial charge in [0.05, 0.1) is 19.8 Å². The molecule has 192 valence electrons. The van der Waals surface area contributed by atoms with E-state index in [0.717, 1.165) is 18.4 Å². The van der Waals surface area contributed by atoms with Crippen molar-refractivity contribution in [1.82, 2.24) is 10.2 Å². The zero-order valence-corrected chi connectivity index (χ0v) is 19.9. The quantitative estimate of drug-likeness (QED) is 0.342. The lowest BCUT2D eigenvalue weighted by Crippen LogP contribution is -2.50. The van der Waals surface area contributed by atoms with Crippen LogP contribution in [0.2, 0.25) is 0 Å². The number of hydrogen-bond donors (Lipinski definition) is 3. The highest BCUT2D eigenvalue weighted by Crippen LogP contribution is 2.32. The number of ether oxygens (including phenoxy) is 2. The largest absolute Gasteiger partial charge is 0.480 e. The van der Waals surface area contributed by atoms with Crippen LogP contribution in [0.4, 0.5) is 4.79 Å². The number of aromatic nitrogens is 1. The van der Waals surface area contributed by atoms with Crippen LogP contribution in [0, 0.1) is 0 Å². The minimum atomic E-state index is -1.44. The van der Waals surface area contributed by atoms with Gasteiger partial charge in [-0.1, -0.05) is 30.3 Å². The molecule has 1 aromatic carbocycles. The topological polar surface area (TPSA) is 146 Å². The van der Waals surface area contributed by atoms with Crippen molar-refractivity contribution in [3.05, 3.63) is 66.0 Å². The van der Waals surface area contributed by atoms with Crippen LogP contribution in [0.15, 0.2) is 54.9 Å². The van der Waals surface area contributed by atoms with Crippen LogP contribution < -0.4 is 9.88 Å². The van der Waals surface area contributed by atoms with Gasteiger partial charge in [-0.25, -0.2) is 9.59 Å². The van der Waals surface area contributed by atoms with Crippen molar-refractivity contribution in [3.8, 4) is 0 Å². The molecule has 2 amide bonds. The molecule has 1 aromatic heterocycles. The fraction of sp³-hybridized carbons (Fsp3) is 0.400. The van der Waals surface area contributed by atoms with E-state index in [0.29, 0.717) is 13.0 Å². The summed E-state index contributed by atoms with van der Waals surface area (Å²) in [4.78, 5) is 50.7. The number of likely N-dealkylation sites (tertiary alicyclic amines) is 1. The number of esters is 1. The van der Waals surface area contributed by atoms with E-state index in [4.69, 9.17) is 19.7 Å². The molecule has 3 N–H and O–H groups in total. The molecule has 0 spiro atoms. The number of carbonyl (C=O) groups is 4. The summed E-state index contributed by atoms with van der Waals surface area (Å²) in [5.41, 5.74) is 0.878. The molecular formula is C25H30N3O8+. The number of rotatable bonds is 9. The molecule has 3 rings (SSSR count). The van der Waals surface area contributed by atoms with Gasteiger partial charge in [-0.3, -0.25) is 9.59 Å². The highest BCUT2D eigenvalue weighted by atomic mass is 16.6. The average molecular weight is 501 g/mol. The lowest BCUT2D eigenvalue weighted by Gasteiger charge is -2.38. The van der Waals surface area contributed by atoms with E-state index in [9.17, 15) is 19.2 Å². The molecule has 0 radical (unpaired) electrons. The lowest BCUT2D eigenvalue weighted by molar-refractivity contribution is -0.727. The van der Waals surface area contributed by atoms with E-state index in [-0.39, 0.29) is 12.3 Å². The lowest BCUT2D eigenvalue weighted by atomic mass is 9.85. The van der Waals surface area contributed by atoms with Gasteiger partial charge in [0.15, 0.2) is 18.4 Å². The van der Waals surface area contributed by atoms with Gasteiger partial charge >= 0.3 is 18.0 Å². The van der Waals surface area contributed by atoms with Crippen LogP contribution in [-0.4, -0.2) is 71.4 Å². The number of amides is 2. The second-order valence-corrected chi connectivity index (χ2v) is 8.36. The molecular weight excluding hydrogens is 470 g/mol. The van der Waals surface area contributed by atoms with Crippen LogP contribution in [0.3, 0.4) is 0 Å². The Bertz CT molecular complexity index is 1080. The number of benzene rings is 1. The number of carbonyl (C=O) groups excluding carboxylic acids is 3. The number of carboxylic acids is 1. The number of aliphatic carboxylic acids is 1. The fourth-order valence-electron chi connectivity index (χ4n) is 4.21. The van der Waals surface area contributed by atoms with E-state index in [1.54, 1.807) is 17.2 Å². The Morgan fingerprint density at radius 1 is 1.14 bits per heavy atom. The third-order valence-electron chi connectivity index (χ3n) is 6.03. The summed E-state index contributed by atoms with van der Waals surface area (Å²) in [7, 11) is 1.32. The molecule has 3 atom stereocenters. The van der Waals surface area contributed by atoms with Gasteiger partial charge in [0.25, 0.3) is 12.6 Å². The summed E-state index contributed by atoms with van der Waals surface area (Å²) in [6.45, 7) is -0.535. The van der Waals surface area contributed by atoms with Crippen molar-refractivity contribution in [2.24, 2.45) is 0 Å². The van der Waals surface area contributed by atoms with Crippen LogP contribution in [0.25, 0.3) is 0 Å². The first-order valence-corrected chi connectivity index (χ1v) is 11.6. The van der Waals surface area contributed by atoms with Gasteiger partial charge in [-0.05, 0) is 30.9 Å². The Hall–Kier alpha value is -3.99. The fourth-order valence-corrected chi connectivity index (χ4v) is 4.21. The van der Waals surface area contributed by atoms with Crippen LogP contribution >= 0.6 is 0 Å². The van der Waals surface area contributed by atoms with E-state index in [1.165, 1.54) is 23.9 Å². The minimum absolute atomic E-state index is 0.124. The second kappa shape index (κ2) is 12.6. The zero-order chi connectivity index (χ0) is 26.1. The maximum atomic E-state index is 13.1. The summed E-state index contributed by atoms with van der Waals surface area (Å²) in [5, 5.41) is 20.3. The van der Waals surface area contributed by atoms with Crippen molar-refractivity contribution < 1.29 is 43.4 Å². The molecule has 2 heterocycles. The Balaban J connectivity index is 1.71. The van der Waals surface area contributed by atoms with Gasteiger partial charge in [0.2, 0.25) is 0 Å². The van der Waals surface area contributed by atoms with E-state index in [1.807, 2.05) is 30.3 Å². The standard InChI is InChI=1S/C25H29N3O8/c1-35-24(33)21(17-8-3-2-4-9-17)20-11-5-6-13-28(20)25(34)36-16-27-12-7-10-18(14-27)22(30)26-19(15-29)23(31)32/h2-4,7-10,12,14,19-21,29H,5-6,11,13,15-16H2,1H3,(H-,26,30,31,32)/p+1/t19-,20?,21+/m0/s1. The van der Waals surface area contributed by atoms with Crippen molar-refractivity contribution in [1.29, 1.82) is 0 Å². The van der Waals surface area contributed by atoms with Crippen molar-refractivity contribution in [3.63, 3.8) is 0 Å². The molecule has 1 aliphatic heterocycles. The summed E-state index contributed by atoms with van der Waals surface area (Å²) in [6, 6.07) is 10.3. The van der Waals surface area contributed by atoms with Crippen LogP contribution in [-0.2, 0) is 25.8 Å². The maximum absolute atomic E-state index is 13.1. The van der Waals surface area contributed by atoms with Gasteiger partial charge in [0.1, 0.15) is 11.5 Å². The predicted molar refractivity (Wildman–Crippen MR) is 125 cm³/mol. The molecule has 36 heavy (non-hydrogen) atoms. The number of pyridine rings is 1. The second-order valence-electron chi connectivity index (χ2n) is 8.36. The first-order valence-electron chi connectivity index (χ1n) is 11.6. The molecule has 11 heteroatoms. The minimum Gasteiger partial charge on any atom is -0.480 e. The van der Waals surface area contributed by atoms with Gasteiger partial charge in [-0.2, -0.15) is 4.57 Å². The average Bonchev–Trinajstić information content (AvgIpc) is 2.91. The third-order valence-corrected chi connectivity index (χ3v) is 6.03. The highest BCUT2D eigenvalue weighted by Gasteiger charge is 2.39. The monoisotopic (exact) mass is 500 g/mol. The van der Waals surface area contributed by atoms with Crippen LogP contribution in [0.5, 0.6) is 0 Å². The molecule has 1 fully saturated rings. The normalized spacial score (nSPS) is 16.9. The molecule has 0 bridgehead atoms. The molecule has 1 saturated heterocycles. The Morgan fingerprint density at radius 2 is 1.89 bits per heavy atom. The van der Waals surface area contributed by atoms with E-state index >= 15 is 0 Å². The van der Waals surface area contributed by atoms with Gasteiger partial charge < -0.3 is 29.9 Å². The summed E-state index contributed by atoms with van der Waals surface area (Å²) in [6.07, 6.45) is 4.62. The van der Waals surface area contributed by atoms with Crippen molar-refractivity contribution >= 4 is 23.9 Å². The Kier molecular flexibility index (Phi) is 9.34. The number of methoxy groups -OCH3 is 1. The van der Waals surface area contributed by atoms with Crippen molar-refractivity contribution in [2.45, 2.75) is 44.0 Å². The number of hydrogen-bond acceptors (Lipinski definition) is 7. The number of carboxylic acid groups (broad SMARTS) is 1. The Morgan fingerprint density at radius 3 is 2.56 bits per heavy atom. The first kappa shape index (κ1) is 26.6. The predicted octanol–water partition coefficient (Wildman–Crippen LogP) is 1.05. The molecule has 2 aromatic rings.